The van der Waals surface area contributed by atoms with Gasteiger partial charge in [0.25, 0.3) is 5.56 Å². The lowest BCUT2D eigenvalue weighted by Crippen LogP contribution is -2.32. The predicted octanol–water partition coefficient (Wildman–Crippen LogP) is 2.18. The molecular formula is C16H22N2O3S. The van der Waals surface area contributed by atoms with Crippen LogP contribution in [0.4, 0.5) is 0 Å². The van der Waals surface area contributed by atoms with E-state index in [-0.39, 0.29) is 24.1 Å². The van der Waals surface area contributed by atoms with E-state index in [4.69, 9.17) is 4.74 Å². The fourth-order valence-corrected chi connectivity index (χ4v) is 2.56. The van der Waals surface area contributed by atoms with E-state index in [1.54, 1.807) is 17.4 Å². The summed E-state index contributed by atoms with van der Waals surface area (Å²) in [6.07, 6.45) is -0.764. The van der Waals surface area contributed by atoms with Crippen molar-refractivity contribution < 1.29 is 9.84 Å². The van der Waals surface area contributed by atoms with Crippen LogP contribution in [0.3, 0.4) is 0 Å². The number of thiophene rings is 1. The van der Waals surface area contributed by atoms with Gasteiger partial charge in [-0.3, -0.25) is 4.79 Å². The number of rotatable bonds is 6. The Morgan fingerprint density at radius 3 is 2.77 bits per heavy atom. The highest BCUT2D eigenvalue weighted by Gasteiger charge is 2.17. The zero-order chi connectivity index (χ0) is 16.2. The lowest BCUT2D eigenvalue weighted by molar-refractivity contribution is 0.0187. The summed E-state index contributed by atoms with van der Waals surface area (Å²) in [6, 6.07) is 7.17. The number of aliphatic hydroxyl groups is 1. The van der Waals surface area contributed by atoms with Crippen LogP contribution in [0.2, 0.25) is 0 Å². The van der Waals surface area contributed by atoms with Gasteiger partial charge in [-0.1, -0.05) is 26.8 Å². The molecule has 22 heavy (non-hydrogen) atoms. The summed E-state index contributed by atoms with van der Waals surface area (Å²) >= 11 is 1.61. The molecule has 2 rings (SSSR count). The molecule has 0 aliphatic rings. The summed E-state index contributed by atoms with van der Waals surface area (Å²) in [5.74, 6) is 0. The van der Waals surface area contributed by atoms with Crippen LogP contribution < -0.4 is 5.56 Å². The van der Waals surface area contributed by atoms with Gasteiger partial charge >= 0.3 is 0 Å². The zero-order valence-electron chi connectivity index (χ0n) is 13.2. The van der Waals surface area contributed by atoms with E-state index < -0.39 is 6.10 Å². The average molecular weight is 322 g/mol. The van der Waals surface area contributed by atoms with Crippen molar-refractivity contribution >= 4 is 11.3 Å². The van der Waals surface area contributed by atoms with E-state index in [9.17, 15) is 9.90 Å². The smallest absolute Gasteiger partial charge is 0.266 e. The van der Waals surface area contributed by atoms with Crippen molar-refractivity contribution in [2.45, 2.75) is 45.4 Å². The Morgan fingerprint density at radius 2 is 2.14 bits per heavy atom. The number of hydrogen-bond acceptors (Lipinski definition) is 5. The minimum atomic E-state index is -0.764. The molecule has 0 aliphatic carbocycles. The van der Waals surface area contributed by atoms with Crippen LogP contribution in [-0.2, 0) is 23.3 Å². The highest BCUT2D eigenvalue weighted by Crippen LogP contribution is 2.18. The molecule has 2 aromatic heterocycles. The normalized spacial score (nSPS) is 13.3. The van der Waals surface area contributed by atoms with Gasteiger partial charge in [0.05, 0.1) is 31.6 Å². The first kappa shape index (κ1) is 16.9. The molecule has 1 atom stereocenters. The van der Waals surface area contributed by atoms with Crippen LogP contribution in [0.15, 0.2) is 34.4 Å². The van der Waals surface area contributed by atoms with E-state index in [1.807, 2.05) is 38.3 Å². The summed E-state index contributed by atoms with van der Waals surface area (Å²) in [5, 5.41) is 16.3. The van der Waals surface area contributed by atoms with Crippen LogP contribution in [0.5, 0.6) is 0 Å². The summed E-state index contributed by atoms with van der Waals surface area (Å²) < 4.78 is 6.77. The maximum Gasteiger partial charge on any atom is 0.266 e. The van der Waals surface area contributed by atoms with Crippen molar-refractivity contribution in [3.8, 4) is 0 Å². The molecule has 1 N–H and O–H groups in total. The van der Waals surface area contributed by atoms with E-state index >= 15 is 0 Å². The highest BCUT2D eigenvalue weighted by atomic mass is 32.1. The van der Waals surface area contributed by atoms with Gasteiger partial charge in [0, 0.05) is 16.4 Å². The van der Waals surface area contributed by atoms with Gasteiger partial charge in [0.2, 0.25) is 0 Å². The minimum Gasteiger partial charge on any atom is -0.389 e. The maximum atomic E-state index is 11.8. The van der Waals surface area contributed by atoms with Crippen molar-refractivity contribution in [1.82, 2.24) is 9.78 Å². The molecule has 120 valence electrons. The molecule has 0 saturated heterocycles. The Hall–Kier alpha value is -1.50. The predicted molar refractivity (Wildman–Crippen MR) is 87.2 cm³/mol. The third-order valence-electron chi connectivity index (χ3n) is 3.15. The standard InChI is InChI=1S/C16H22N2O3S/c1-16(2,3)14-6-7-15(20)18(17-14)9-12(19)10-21-11-13-5-4-8-22-13/h4-8,12,19H,9-11H2,1-3H3. The van der Waals surface area contributed by atoms with Crippen molar-refractivity contribution in [3.05, 3.63) is 50.6 Å². The highest BCUT2D eigenvalue weighted by molar-refractivity contribution is 7.09. The zero-order valence-corrected chi connectivity index (χ0v) is 14.0. The third-order valence-corrected chi connectivity index (χ3v) is 4.00. The molecule has 0 spiro atoms. The molecule has 0 bridgehead atoms. The van der Waals surface area contributed by atoms with Gasteiger partial charge in [-0.15, -0.1) is 11.3 Å². The van der Waals surface area contributed by atoms with Gasteiger partial charge < -0.3 is 9.84 Å². The quantitative estimate of drug-likeness (QED) is 0.885. The molecule has 0 fully saturated rings. The Balaban J connectivity index is 1.93. The topological polar surface area (TPSA) is 64.4 Å². The number of ether oxygens (including phenoxy) is 1. The Kier molecular flexibility index (Phi) is 5.50. The van der Waals surface area contributed by atoms with Gasteiger partial charge in [0.15, 0.2) is 0 Å². The number of hydrogen-bond donors (Lipinski definition) is 1. The summed E-state index contributed by atoms with van der Waals surface area (Å²) in [7, 11) is 0. The molecule has 0 saturated carbocycles. The van der Waals surface area contributed by atoms with Crippen LogP contribution >= 0.6 is 11.3 Å². The van der Waals surface area contributed by atoms with Gasteiger partial charge in [-0.05, 0) is 17.5 Å². The first-order valence-electron chi connectivity index (χ1n) is 7.23. The molecule has 2 aromatic rings. The summed E-state index contributed by atoms with van der Waals surface area (Å²) in [6.45, 7) is 6.87. The molecule has 0 amide bonds. The van der Waals surface area contributed by atoms with Gasteiger partial charge in [-0.25, -0.2) is 4.68 Å². The lowest BCUT2D eigenvalue weighted by atomic mass is 9.92. The average Bonchev–Trinajstić information content (AvgIpc) is 2.93. The Labute approximate surface area is 134 Å². The van der Waals surface area contributed by atoms with Crippen molar-refractivity contribution in [3.63, 3.8) is 0 Å². The summed E-state index contributed by atoms with van der Waals surface area (Å²) in [5.41, 5.74) is 0.458. The number of nitrogens with zero attached hydrogens (tertiary/aromatic N) is 2. The van der Waals surface area contributed by atoms with Crippen molar-refractivity contribution in [2.75, 3.05) is 6.61 Å². The van der Waals surface area contributed by atoms with E-state index in [0.29, 0.717) is 6.61 Å². The van der Waals surface area contributed by atoms with Crippen LogP contribution in [0, 0.1) is 0 Å². The summed E-state index contributed by atoms with van der Waals surface area (Å²) in [4.78, 5) is 13.0. The maximum absolute atomic E-state index is 11.8. The minimum absolute atomic E-state index is 0.132. The lowest BCUT2D eigenvalue weighted by Gasteiger charge is -2.19. The van der Waals surface area contributed by atoms with Gasteiger partial charge in [-0.2, -0.15) is 5.10 Å². The van der Waals surface area contributed by atoms with Crippen LogP contribution in [-0.4, -0.2) is 27.6 Å². The Morgan fingerprint density at radius 1 is 1.36 bits per heavy atom. The van der Waals surface area contributed by atoms with Crippen molar-refractivity contribution in [2.24, 2.45) is 0 Å². The molecule has 0 aliphatic heterocycles. The molecule has 6 heteroatoms. The van der Waals surface area contributed by atoms with Crippen LogP contribution in [0.1, 0.15) is 31.3 Å². The second-order valence-electron chi connectivity index (χ2n) is 6.24. The fraction of sp³-hybridized carbons (Fsp3) is 0.500. The second-order valence-corrected chi connectivity index (χ2v) is 7.27. The van der Waals surface area contributed by atoms with E-state index in [2.05, 4.69) is 5.10 Å². The molecule has 0 aromatic carbocycles. The molecule has 0 radical (unpaired) electrons. The van der Waals surface area contributed by atoms with Crippen molar-refractivity contribution in [1.29, 1.82) is 0 Å². The molecule has 5 nitrogen and oxygen atoms in total. The van der Waals surface area contributed by atoms with Crippen LogP contribution in [0.25, 0.3) is 0 Å². The second kappa shape index (κ2) is 7.17. The first-order chi connectivity index (χ1) is 10.4. The monoisotopic (exact) mass is 322 g/mol. The molecule has 2 heterocycles. The van der Waals surface area contributed by atoms with E-state index in [0.717, 1.165) is 10.6 Å². The SMILES string of the molecule is CC(C)(C)c1ccc(=O)n(CC(O)COCc2cccs2)n1. The molecular weight excluding hydrogens is 300 g/mol. The Bertz CT molecular complexity index is 644. The largest absolute Gasteiger partial charge is 0.389 e. The van der Waals surface area contributed by atoms with E-state index in [1.165, 1.54) is 10.7 Å². The number of aromatic nitrogens is 2. The molecule has 1 unspecified atom stereocenters. The third kappa shape index (κ3) is 4.76. The first-order valence-corrected chi connectivity index (χ1v) is 8.11. The number of aliphatic hydroxyl groups excluding tert-OH is 1. The van der Waals surface area contributed by atoms with Gasteiger partial charge in [0.1, 0.15) is 0 Å². The fourth-order valence-electron chi connectivity index (χ4n) is 1.92.